The quantitative estimate of drug-likeness (QED) is 0.834. The summed E-state index contributed by atoms with van der Waals surface area (Å²) in [5, 5.41) is 4.13. The molecule has 0 fully saturated rings. The molecule has 0 amide bonds. The van der Waals surface area contributed by atoms with E-state index < -0.39 is 0 Å². The molecule has 1 aromatic carbocycles. The van der Waals surface area contributed by atoms with E-state index in [9.17, 15) is 9.18 Å². The lowest BCUT2D eigenvalue weighted by molar-refractivity contribution is 0.0884. The molecule has 2 rings (SSSR count). The molecule has 3 nitrogen and oxygen atoms in total. The number of benzene rings is 1. The van der Waals surface area contributed by atoms with Gasteiger partial charge in [-0.3, -0.25) is 4.79 Å². The van der Waals surface area contributed by atoms with Gasteiger partial charge in [-0.05, 0) is 44.0 Å². The van der Waals surface area contributed by atoms with Crippen molar-refractivity contribution in [2.45, 2.75) is 26.7 Å². The smallest absolute Gasteiger partial charge is 0.247 e. The summed E-state index contributed by atoms with van der Waals surface area (Å²) in [5.41, 5.74) is 2.48. The van der Waals surface area contributed by atoms with E-state index in [1.54, 1.807) is 6.07 Å². The number of carbonyl (C=O) groups is 1. The molecule has 1 heterocycles. The normalized spacial score (nSPS) is 10.6. The van der Waals surface area contributed by atoms with Gasteiger partial charge >= 0.3 is 0 Å². The van der Waals surface area contributed by atoms with Crippen LogP contribution < -0.4 is 0 Å². The molecule has 0 unspecified atom stereocenters. The fourth-order valence-corrected chi connectivity index (χ4v) is 1.93. The molecule has 0 N–H and O–H groups in total. The molecule has 0 aliphatic rings. The zero-order valence-corrected chi connectivity index (χ0v) is 10.5. The zero-order chi connectivity index (χ0) is 13.1. The van der Waals surface area contributed by atoms with Crippen LogP contribution in [0, 0.1) is 19.7 Å². The number of aryl methyl sites for hydroxylation is 3. The Kier molecular flexibility index (Phi) is 3.55. The summed E-state index contributed by atoms with van der Waals surface area (Å²) in [4.78, 5) is 11.9. The van der Waals surface area contributed by atoms with E-state index in [-0.39, 0.29) is 11.7 Å². The van der Waals surface area contributed by atoms with Crippen LogP contribution in [0.25, 0.3) is 0 Å². The van der Waals surface area contributed by atoms with Crippen molar-refractivity contribution < 1.29 is 9.18 Å². The predicted octanol–water partition coefficient (Wildman–Crippen LogP) is 2.91. The fourth-order valence-electron chi connectivity index (χ4n) is 1.93. The number of aromatic nitrogens is 2. The molecule has 94 valence electrons. The predicted molar refractivity (Wildman–Crippen MR) is 67.0 cm³/mol. The first kappa shape index (κ1) is 12.5. The second-order valence-corrected chi connectivity index (χ2v) is 4.36. The SMILES string of the molecule is Cc1cc(C)n(C(=O)CCc2cccc(F)c2)n1. The van der Waals surface area contributed by atoms with Crippen LogP contribution in [-0.2, 0) is 6.42 Å². The fraction of sp³-hybridized carbons (Fsp3) is 0.286. The Morgan fingerprint density at radius 2 is 2.11 bits per heavy atom. The third kappa shape index (κ3) is 2.83. The number of halogens is 1. The Balaban J connectivity index is 2.03. The number of hydrogen-bond donors (Lipinski definition) is 0. The zero-order valence-electron chi connectivity index (χ0n) is 10.5. The van der Waals surface area contributed by atoms with Crippen molar-refractivity contribution >= 4 is 5.91 Å². The molecule has 0 aliphatic carbocycles. The van der Waals surface area contributed by atoms with Crippen LogP contribution >= 0.6 is 0 Å². The van der Waals surface area contributed by atoms with Gasteiger partial charge in [-0.15, -0.1) is 0 Å². The van der Waals surface area contributed by atoms with Gasteiger partial charge < -0.3 is 0 Å². The number of hydrogen-bond acceptors (Lipinski definition) is 2. The standard InChI is InChI=1S/C14H15FN2O/c1-10-8-11(2)17(16-10)14(18)7-6-12-4-3-5-13(15)9-12/h3-5,8-9H,6-7H2,1-2H3. The third-order valence-corrected chi connectivity index (χ3v) is 2.76. The van der Waals surface area contributed by atoms with E-state index in [2.05, 4.69) is 5.10 Å². The molecule has 0 atom stereocenters. The molecule has 2 aromatic rings. The van der Waals surface area contributed by atoms with Crippen molar-refractivity contribution in [3.05, 3.63) is 53.1 Å². The summed E-state index contributed by atoms with van der Waals surface area (Å²) in [7, 11) is 0. The highest BCUT2D eigenvalue weighted by Gasteiger charge is 2.10. The molecule has 0 saturated heterocycles. The molecule has 4 heteroatoms. The van der Waals surface area contributed by atoms with Crippen LogP contribution in [-0.4, -0.2) is 15.7 Å². The van der Waals surface area contributed by atoms with Gasteiger partial charge in [0.15, 0.2) is 0 Å². The largest absolute Gasteiger partial charge is 0.273 e. The van der Waals surface area contributed by atoms with Crippen LogP contribution in [0.3, 0.4) is 0 Å². The van der Waals surface area contributed by atoms with E-state index in [1.807, 2.05) is 26.0 Å². The minimum Gasteiger partial charge on any atom is -0.273 e. The summed E-state index contributed by atoms with van der Waals surface area (Å²) >= 11 is 0. The van der Waals surface area contributed by atoms with Crippen LogP contribution in [0.1, 0.15) is 28.2 Å². The van der Waals surface area contributed by atoms with E-state index >= 15 is 0 Å². The molecule has 0 spiro atoms. The summed E-state index contributed by atoms with van der Waals surface area (Å²) in [6.07, 6.45) is 0.848. The van der Waals surface area contributed by atoms with Gasteiger partial charge in [-0.1, -0.05) is 12.1 Å². The highest BCUT2D eigenvalue weighted by Crippen LogP contribution is 2.08. The Bertz CT molecular complexity index is 575. The average Bonchev–Trinajstić information content (AvgIpc) is 2.66. The monoisotopic (exact) mass is 246 g/mol. The molecule has 0 saturated carbocycles. The topological polar surface area (TPSA) is 34.9 Å². The highest BCUT2D eigenvalue weighted by atomic mass is 19.1. The summed E-state index contributed by atoms with van der Waals surface area (Å²) in [5.74, 6) is -0.337. The first-order valence-corrected chi connectivity index (χ1v) is 5.87. The maximum atomic E-state index is 13.0. The first-order valence-electron chi connectivity index (χ1n) is 5.87. The van der Waals surface area contributed by atoms with E-state index in [0.29, 0.717) is 12.8 Å². The van der Waals surface area contributed by atoms with Crippen LogP contribution in [0.2, 0.25) is 0 Å². The van der Waals surface area contributed by atoms with Gasteiger partial charge in [0, 0.05) is 12.1 Å². The van der Waals surface area contributed by atoms with Gasteiger partial charge in [0.25, 0.3) is 0 Å². The maximum absolute atomic E-state index is 13.0. The molecule has 1 aromatic heterocycles. The van der Waals surface area contributed by atoms with Crippen molar-refractivity contribution in [3.8, 4) is 0 Å². The molecule has 0 bridgehead atoms. The summed E-state index contributed by atoms with van der Waals surface area (Å²) in [6, 6.07) is 8.18. The molecular formula is C14H15FN2O. The maximum Gasteiger partial charge on any atom is 0.247 e. The first-order chi connectivity index (χ1) is 8.56. The molecule has 18 heavy (non-hydrogen) atoms. The summed E-state index contributed by atoms with van der Waals surface area (Å²) in [6.45, 7) is 3.70. The number of nitrogens with zero attached hydrogens (tertiary/aromatic N) is 2. The Hall–Kier alpha value is -1.97. The van der Waals surface area contributed by atoms with Gasteiger partial charge in [-0.25, -0.2) is 9.07 Å². The second-order valence-electron chi connectivity index (χ2n) is 4.36. The van der Waals surface area contributed by atoms with Gasteiger partial charge in [0.1, 0.15) is 5.82 Å². The van der Waals surface area contributed by atoms with E-state index in [4.69, 9.17) is 0 Å². The van der Waals surface area contributed by atoms with Crippen molar-refractivity contribution in [2.75, 3.05) is 0 Å². The van der Waals surface area contributed by atoms with Crippen LogP contribution in [0.4, 0.5) is 4.39 Å². The minimum absolute atomic E-state index is 0.0649. The van der Waals surface area contributed by atoms with Crippen molar-refractivity contribution in [1.29, 1.82) is 0 Å². The molecule has 0 aliphatic heterocycles. The van der Waals surface area contributed by atoms with Crippen molar-refractivity contribution in [3.63, 3.8) is 0 Å². The molecule has 0 radical (unpaired) electrons. The van der Waals surface area contributed by atoms with E-state index in [1.165, 1.54) is 16.8 Å². The Morgan fingerprint density at radius 3 is 2.72 bits per heavy atom. The molecular weight excluding hydrogens is 231 g/mol. The van der Waals surface area contributed by atoms with Gasteiger partial charge in [0.05, 0.1) is 5.69 Å². The lowest BCUT2D eigenvalue weighted by Crippen LogP contribution is -2.14. The number of carbonyl (C=O) groups excluding carboxylic acids is 1. The lowest BCUT2D eigenvalue weighted by atomic mass is 10.1. The highest BCUT2D eigenvalue weighted by molar-refractivity contribution is 5.78. The van der Waals surface area contributed by atoms with E-state index in [0.717, 1.165) is 17.0 Å². The second kappa shape index (κ2) is 5.12. The average molecular weight is 246 g/mol. The van der Waals surface area contributed by atoms with Crippen LogP contribution in [0.5, 0.6) is 0 Å². The van der Waals surface area contributed by atoms with Crippen molar-refractivity contribution in [2.24, 2.45) is 0 Å². The van der Waals surface area contributed by atoms with Gasteiger partial charge in [0.2, 0.25) is 5.91 Å². The Morgan fingerprint density at radius 1 is 1.33 bits per heavy atom. The van der Waals surface area contributed by atoms with Crippen LogP contribution in [0.15, 0.2) is 30.3 Å². The van der Waals surface area contributed by atoms with Gasteiger partial charge in [-0.2, -0.15) is 5.10 Å². The van der Waals surface area contributed by atoms with Crippen molar-refractivity contribution in [1.82, 2.24) is 9.78 Å². The number of rotatable bonds is 3. The minimum atomic E-state index is -0.272. The lowest BCUT2D eigenvalue weighted by Gasteiger charge is -2.03. The Labute approximate surface area is 105 Å². The third-order valence-electron chi connectivity index (χ3n) is 2.76. The summed E-state index contributed by atoms with van der Waals surface area (Å²) < 4.78 is 14.4.